The lowest BCUT2D eigenvalue weighted by Crippen LogP contribution is -2.42. The van der Waals surface area contributed by atoms with E-state index in [1.165, 1.54) is 10.4 Å². The summed E-state index contributed by atoms with van der Waals surface area (Å²) in [5.41, 5.74) is 0.493. The van der Waals surface area contributed by atoms with E-state index in [1.54, 1.807) is 7.11 Å². The third-order valence-corrected chi connectivity index (χ3v) is 7.59. The molecular weight excluding hydrogens is 446 g/mol. The van der Waals surface area contributed by atoms with Crippen LogP contribution in [0.1, 0.15) is 18.4 Å². The average molecular weight is 468 g/mol. The minimum absolute atomic E-state index is 0.0812. The molecule has 11 heteroatoms. The van der Waals surface area contributed by atoms with Crippen molar-refractivity contribution < 1.29 is 22.9 Å². The fourth-order valence-corrected chi connectivity index (χ4v) is 5.44. The zero-order valence-electron chi connectivity index (χ0n) is 16.8. The number of para-hydroxylation sites is 1. The van der Waals surface area contributed by atoms with E-state index in [4.69, 9.17) is 16.3 Å². The summed E-state index contributed by atoms with van der Waals surface area (Å²) in [5, 5.41) is 13.8. The number of hydrogen-bond acceptors (Lipinski definition) is 6. The topological polar surface area (TPSA) is 119 Å². The lowest BCUT2D eigenvalue weighted by atomic mass is 9.97. The number of ether oxygens (including phenoxy) is 1. The summed E-state index contributed by atoms with van der Waals surface area (Å²) in [6.45, 7) is 0.548. The number of halogens is 1. The molecule has 1 N–H and O–H groups in total. The van der Waals surface area contributed by atoms with Crippen molar-refractivity contribution in [2.75, 3.05) is 20.2 Å². The van der Waals surface area contributed by atoms with Gasteiger partial charge in [-0.1, -0.05) is 29.8 Å². The zero-order chi connectivity index (χ0) is 22.6. The number of sulfonamides is 1. The van der Waals surface area contributed by atoms with E-state index in [2.05, 4.69) is 5.32 Å². The molecule has 1 aliphatic rings. The molecule has 0 aliphatic carbocycles. The third kappa shape index (κ3) is 5.15. The molecule has 0 atom stereocenters. The maximum absolute atomic E-state index is 12.9. The Hall–Kier alpha value is -2.69. The van der Waals surface area contributed by atoms with Crippen molar-refractivity contribution in [3.05, 3.63) is 63.2 Å². The highest BCUT2D eigenvalue weighted by Crippen LogP contribution is 2.31. The number of rotatable bonds is 7. The maximum atomic E-state index is 12.9. The second kappa shape index (κ2) is 9.63. The first-order valence-corrected chi connectivity index (χ1v) is 11.4. The second-order valence-corrected chi connectivity index (χ2v) is 9.39. The monoisotopic (exact) mass is 467 g/mol. The van der Waals surface area contributed by atoms with Crippen LogP contribution in [0.4, 0.5) is 5.69 Å². The molecular formula is C20H22ClN3O6S. The number of nitrogens with one attached hydrogen (secondary N) is 1. The van der Waals surface area contributed by atoms with Gasteiger partial charge in [0.2, 0.25) is 15.9 Å². The molecule has 1 aliphatic heterocycles. The van der Waals surface area contributed by atoms with Crippen LogP contribution in [-0.2, 0) is 21.4 Å². The molecule has 0 unspecified atom stereocenters. The minimum atomic E-state index is -4.01. The lowest BCUT2D eigenvalue weighted by Gasteiger charge is -2.30. The van der Waals surface area contributed by atoms with Crippen molar-refractivity contribution in [3.63, 3.8) is 0 Å². The first kappa shape index (κ1) is 23.0. The van der Waals surface area contributed by atoms with Crippen molar-refractivity contribution in [3.8, 4) is 5.75 Å². The molecule has 3 rings (SSSR count). The highest BCUT2D eigenvalue weighted by atomic mass is 35.5. The Bertz CT molecular complexity index is 1080. The predicted octanol–water partition coefficient (Wildman–Crippen LogP) is 2.97. The van der Waals surface area contributed by atoms with E-state index >= 15 is 0 Å². The summed E-state index contributed by atoms with van der Waals surface area (Å²) in [6, 6.07) is 10.7. The van der Waals surface area contributed by atoms with Gasteiger partial charge in [0, 0.05) is 43.2 Å². The number of non-ortho nitro benzene ring substituents is 1. The van der Waals surface area contributed by atoms with Gasteiger partial charge in [0.15, 0.2) is 0 Å². The van der Waals surface area contributed by atoms with Crippen LogP contribution in [0.3, 0.4) is 0 Å². The Balaban J connectivity index is 1.63. The van der Waals surface area contributed by atoms with Crippen LogP contribution in [-0.4, -0.2) is 43.8 Å². The van der Waals surface area contributed by atoms with E-state index in [1.807, 2.05) is 24.3 Å². The van der Waals surface area contributed by atoms with Crippen molar-refractivity contribution >= 4 is 33.2 Å². The summed E-state index contributed by atoms with van der Waals surface area (Å²) < 4.78 is 32.4. The van der Waals surface area contributed by atoms with Crippen LogP contribution in [0.25, 0.3) is 0 Å². The van der Waals surface area contributed by atoms with Gasteiger partial charge in [0.05, 0.1) is 17.1 Å². The Morgan fingerprint density at radius 1 is 1.26 bits per heavy atom. The molecule has 0 spiro atoms. The van der Waals surface area contributed by atoms with E-state index < -0.39 is 14.9 Å². The molecule has 166 valence electrons. The Morgan fingerprint density at radius 3 is 2.58 bits per heavy atom. The van der Waals surface area contributed by atoms with Gasteiger partial charge in [-0.05, 0) is 25.0 Å². The minimum Gasteiger partial charge on any atom is -0.496 e. The largest absolute Gasteiger partial charge is 0.496 e. The SMILES string of the molecule is COc1ccccc1CNC(=O)C1CCN(S(=O)(=O)c2cc([N+](=O)[O-])ccc2Cl)CC1. The van der Waals surface area contributed by atoms with Crippen LogP contribution in [0.15, 0.2) is 47.4 Å². The maximum Gasteiger partial charge on any atom is 0.270 e. The molecule has 2 aromatic carbocycles. The highest BCUT2D eigenvalue weighted by molar-refractivity contribution is 7.89. The molecule has 1 heterocycles. The molecule has 0 saturated carbocycles. The molecule has 0 bridgehead atoms. The number of benzene rings is 2. The van der Waals surface area contributed by atoms with Crippen LogP contribution in [0.5, 0.6) is 5.75 Å². The Labute approximate surface area is 185 Å². The molecule has 0 radical (unpaired) electrons. The number of carbonyl (C=O) groups is 1. The van der Waals surface area contributed by atoms with Crippen LogP contribution in [0.2, 0.25) is 5.02 Å². The molecule has 9 nitrogen and oxygen atoms in total. The smallest absolute Gasteiger partial charge is 0.270 e. The fraction of sp³-hybridized carbons (Fsp3) is 0.350. The number of hydrogen-bond donors (Lipinski definition) is 1. The number of piperidine rings is 1. The van der Waals surface area contributed by atoms with Crippen molar-refractivity contribution in [1.29, 1.82) is 0 Å². The molecule has 2 aromatic rings. The van der Waals surface area contributed by atoms with Crippen molar-refractivity contribution in [1.82, 2.24) is 9.62 Å². The molecule has 1 amide bonds. The molecule has 0 aromatic heterocycles. The molecule has 1 saturated heterocycles. The van der Waals surface area contributed by atoms with Gasteiger partial charge in [-0.3, -0.25) is 14.9 Å². The Kier molecular flexibility index (Phi) is 7.14. The highest BCUT2D eigenvalue weighted by Gasteiger charge is 2.34. The summed E-state index contributed by atoms with van der Waals surface area (Å²) in [7, 11) is -2.45. The van der Waals surface area contributed by atoms with E-state index in [0.717, 1.165) is 17.7 Å². The molecule has 1 fully saturated rings. The van der Waals surface area contributed by atoms with Gasteiger partial charge in [0.1, 0.15) is 10.6 Å². The number of nitro benzene ring substituents is 1. The number of nitro groups is 1. The molecule has 31 heavy (non-hydrogen) atoms. The van der Waals surface area contributed by atoms with Gasteiger partial charge >= 0.3 is 0 Å². The number of amides is 1. The number of nitrogens with zero attached hydrogens (tertiary/aromatic N) is 2. The fourth-order valence-electron chi connectivity index (χ4n) is 3.48. The summed E-state index contributed by atoms with van der Waals surface area (Å²) >= 11 is 6.01. The summed E-state index contributed by atoms with van der Waals surface area (Å²) in [6.07, 6.45) is 0.674. The van der Waals surface area contributed by atoms with E-state index in [9.17, 15) is 23.3 Å². The van der Waals surface area contributed by atoms with Gasteiger partial charge in [-0.25, -0.2) is 8.42 Å². The van der Waals surface area contributed by atoms with Gasteiger partial charge < -0.3 is 10.1 Å². The quantitative estimate of drug-likeness (QED) is 0.494. The normalized spacial score (nSPS) is 15.4. The van der Waals surface area contributed by atoms with Gasteiger partial charge in [-0.2, -0.15) is 4.31 Å². The summed E-state index contributed by atoms with van der Waals surface area (Å²) in [5.74, 6) is 0.190. The van der Waals surface area contributed by atoms with Gasteiger partial charge in [0.25, 0.3) is 5.69 Å². The van der Waals surface area contributed by atoms with Crippen molar-refractivity contribution in [2.24, 2.45) is 5.92 Å². The lowest BCUT2D eigenvalue weighted by molar-refractivity contribution is -0.385. The Morgan fingerprint density at radius 2 is 1.94 bits per heavy atom. The zero-order valence-corrected chi connectivity index (χ0v) is 18.4. The number of methoxy groups -OCH3 is 1. The first-order chi connectivity index (χ1) is 14.7. The van der Waals surface area contributed by atoms with Crippen LogP contribution in [0, 0.1) is 16.0 Å². The average Bonchev–Trinajstić information content (AvgIpc) is 2.77. The van der Waals surface area contributed by atoms with E-state index in [-0.39, 0.29) is 40.5 Å². The van der Waals surface area contributed by atoms with Crippen LogP contribution >= 0.6 is 11.6 Å². The van der Waals surface area contributed by atoms with E-state index in [0.29, 0.717) is 25.1 Å². The third-order valence-electron chi connectivity index (χ3n) is 5.21. The summed E-state index contributed by atoms with van der Waals surface area (Å²) in [4.78, 5) is 22.6. The standard InChI is InChI=1S/C20H22ClN3O6S/c1-30-18-5-3-2-4-15(18)13-22-20(25)14-8-10-23(11-9-14)31(28,29)19-12-16(24(26)27)6-7-17(19)21/h2-7,12,14H,8-11,13H2,1H3,(H,22,25). The van der Waals surface area contributed by atoms with Crippen molar-refractivity contribution in [2.45, 2.75) is 24.3 Å². The number of carbonyl (C=O) groups excluding carboxylic acids is 1. The van der Waals surface area contributed by atoms with Gasteiger partial charge in [-0.15, -0.1) is 0 Å². The first-order valence-electron chi connectivity index (χ1n) is 9.57. The predicted molar refractivity (Wildman–Crippen MR) is 114 cm³/mol. The van der Waals surface area contributed by atoms with Crippen LogP contribution < -0.4 is 10.1 Å². The second-order valence-electron chi connectivity index (χ2n) is 7.08.